The molecule has 0 aliphatic carbocycles. The first kappa shape index (κ1) is 18.3. The van der Waals surface area contributed by atoms with E-state index in [1.54, 1.807) is 16.8 Å². The van der Waals surface area contributed by atoms with E-state index >= 15 is 0 Å². The van der Waals surface area contributed by atoms with Crippen LogP contribution in [0.2, 0.25) is 0 Å². The molecule has 7 nitrogen and oxygen atoms in total. The Morgan fingerprint density at radius 3 is 2.77 bits per heavy atom. The van der Waals surface area contributed by atoms with Gasteiger partial charge >= 0.3 is 0 Å². The Morgan fingerprint density at radius 1 is 1.35 bits per heavy atom. The molecule has 1 aromatic heterocycles. The molecule has 2 aliphatic heterocycles. The monoisotopic (exact) mass is 371 g/mol. The average molecular weight is 371 g/mol. The molecule has 0 bridgehead atoms. The molecule has 0 saturated heterocycles. The van der Waals surface area contributed by atoms with Crippen LogP contribution in [-0.2, 0) is 12.0 Å². The van der Waals surface area contributed by atoms with Crippen LogP contribution in [0.4, 0.5) is 0 Å². The Labute approximate surface area is 155 Å². The van der Waals surface area contributed by atoms with Crippen LogP contribution in [0.1, 0.15) is 19.5 Å². The van der Waals surface area contributed by atoms with Crippen molar-refractivity contribution in [2.45, 2.75) is 31.0 Å². The molecule has 2 aliphatic rings. The molecule has 0 radical (unpaired) electrons. The third-order valence-electron chi connectivity index (χ3n) is 4.14. The summed E-state index contributed by atoms with van der Waals surface area (Å²) in [7, 11) is 0. The van der Waals surface area contributed by atoms with E-state index in [0.29, 0.717) is 28.9 Å². The number of rotatable bonds is 6. The number of aliphatic hydroxyl groups excluding tert-OH is 1. The van der Waals surface area contributed by atoms with E-state index in [1.165, 1.54) is 16.4 Å². The van der Waals surface area contributed by atoms with Crippen LogP contribution in [0.5, 0.6) is 0 Å². The SMILES string of the molecule is C=CCn1nc2nc(SC)n(-c3cccc(C(C)(C)CO)n3)cc-2c1=O. The van der Waals surface area contributed by atoms with E-state index in [1.807, 2.05) is 38.3 Å². The summed E-state index contributed by atoms with van der Waals surface area (Å²) in [5.41, 5.74) is 0.521. The van der Waals surface area contributed by atoms with Gasteiger partial charge in [0.1, 0.15) is 11.4 Å². The fourth-order valence-corrected chi connectivity index (χ4v) is 3.06. The van der Waals surface area contributed by atoms with Gasteiger partial charge in [0.15, 0.2) is 11.0 Å². The van der Waals surface area contributed by atoms with Crippen LogP contribution in [0, 0.1) is 0 Å². The number of thioether (sulfide) groups is 1. The number of pyridine rings is 1. The van der Waals surface area contributed by atoms with Crippen molar-refractivity contribution in [3.8, 4) is 17.2 Å². The summed E-state index contributed by atoms with van der Waals surface area (Å²) in [5, 5.41) is 14.5. The van der Waals surface area contributed by atoms with E-state index in [0.717, 1.165) is 5.69 Å². The fraction of sp³-hybridized carbons (Fsp3) is 0.333. The summed E-state index contributed by atoms with van der Waals surface area (Å²) in [6.45, 7) is 7.82. The molecule has 0 saturated carbocycles. The summed E-state index contributed by atoms with van der Waals surface area (Å²) >= 11 is 1.44. The van der Waals surface area contributed by atoms with Gasteiger partial charge in [0, 0.05) is 11.6 Å². The summed E-state index contributed by atoms with van der Waals surface area (Å²) in [6.07, 6.45) is 5.25. The van der Waals surface area contributed by atoms with Crippen LogP contribution in [0.3, 0.4) is 0 Å². The molecule has 0 amide bonds. The van der Waals surface area contributed by atoms with Crippen LogP contribution >= 0.6 is 11.8 Å². The van der Waals surface area contributed by atoms with Gasteiger partial charge in [-0.05, 0) is 18.4 Å². The van der Waals surface area contributed by atoms with Crippen molar-refractivity contribution >= 4 is 11.8 Å². The van der Waals surface area contributed by atoms with Crippen LogP contribution in [-0.4, -0.2) is 42.3 Å². The molecule has 8 heteroatoms. The molecule has 0 fully saturated rings. The molecule has 0 unspecified atom stereocenters. The van der Waals surface area contributed by atoms with E-state index in [2.05, 4.69) is 21.6 Å². The highest BCUT2D eigenvalue weighted by Crippen LogP contribution is 2.25. The lowest BCUT2D eigenvalue weighted by molar-refractivity contribution is 0.215. The minimum absolute atomic E-state index is 0.0141. The summed E-state index contributed by atoms with van der Waals surface area (Å²) in [6, 6.07) is 5.62. The Kier molecular flexibility index (Phi) is 4.97. The second kappa shape index (κ2) is 7.05. The van der Waals surface area contributed by atoms with Crippen molar-refractivity contribution in [1.29, 1.82) is 0 Å². The topological polar surface area (TPSA) is 85.8 Å². The number of aliphatic hydroxyl groups is 1. The third-order valence-corrected chi connectivity index (χ3v) is 4.79. The minimum Gasteiger partial charge on any atom is -0.395 e. The lowest BCUT2D eigenvalue weighted by Crippen LogP contribution is -2.24. The molecule has 0 spiro atoms. The van der Waals surface area contributed by atoms with Gasteiger partial charge < -0.3 is 5.11 Å². The van der Waals surface area contributed by atoms with Gasteiger partial charge in [0.05, 0.1) is 18.8 Å². The number of fused-ring (bicyclic) bond motifs is 1. The highest BCUT2D eigenvalue weighted by atomic mass is 32.2. The molecule has 0 aromatic carbocycles. The normalized spacial score (nSPS) is 11.8. The minimum atomic E-state index is -0.466. The number of allylic oxidation sites excluding steroid dienone is 1. The quantitative estimate of drug-likeness (QED) is 0.406. The summed E-state index contributed by atoms with van der Waals surface area (Å²) in [5.74, 6) is 1.04. The number of hydrogen-bond donors (Lipinski definition) is 1. The second-order valence-corrected chi connectivity index (χ2v) is 7.31. The van der Waals surface area contributed by atoms with Crippen molar-refractivity contribution < 1.29 is 5.11 Å². The van der Waals surface area contributed by atoms with E-state index in [9.17, 15) is 9.90 Å². The Morgan fingerprint density at radius 2 is 2.12 bits per heavy atom. The van der Waals surface area contributed by atoms with Crippen molar-refractivity contribution in [3.63, 3.8) is 0 Å². The first-order valence-electron chi connectivity index (χ1n) is 8.15. The lowest BCUT2D eigenvalue weighted by Gasteiger charge is -2.22. The largest absolute Gasteiger partial charge is 0.395 e. The zero-order valence-electron chi connectivity index (χ0n) is 15.0. The van der Waals surface area contributed by atoms with Gasteiger partial charge in [-0.2, -0.15) is 0 Å². The average Bonchev–Trinajstić information content (AvgIpc) is 2.96. The maximum atomic E-state index is 12.5. The standard InChI is InChI=1S/C18H21N5O2S/c1-5-9-23-16(25)12-10-22(17(26-4)20-15(12)21-23)14-8-6-7-13(19-14)18(2,3)11-24/h5-8,10,24H,1,9,11H2,2-4H3. The van der Waals surface area contributed by atoms with Crippen LogP contribution in [0.15, 0.2) is 47.0 Å². The fourth-order valence-electron chi connectivity index (χ4n) is 2.54. The van der Waals surface area contributed by atoms with Crippen molar-refractivity contribution in [3.05, 3.63) is 53.1 Å². The van der Waals surface area contributed by atoms with E-state index < -0.39 is 5.41 Å². The van der Waals surface area contributed by atoms with Gasteiger partial charge in [-0.25, -0.2) is 14.6 Å². The maximum absolute atomic E-state index is 12.5. The third kappa shape index (κ3) is 3.17. The second-order valence-electron chi connectivity index (χ2n) is 6.53. The molecule has 1 aromatic rings. The molecular formula is C18H21N5O2S. The number of hydrogen-bond acceptors (Lipinski definition) is 6. The highest BCUT2D eigenvalue weighted by Gasteiger charge is 2.23. The van der Waals surface area contributed by atoms with E-state index in [-0.39, 0.29) is 12.2 Å². The molecule has 26 heavy (non-hydrogen) atoms. The first-order chi connectivity index (χ1) is 12.4. The van der Waals surface area contributed by atoms with Crippen LogP contribution < -0.4 is 5.56 Å². The molecule has 0 atom stereocenters. The van der Waals surface area contributed by atoms with Crippen molar-refractivity contribution in [2.24, 2.45) is 0 Å². The predicted octanol–water partition coefficient (Wildman–Crippen LogP) is 2.11. The molecule has 1 N–H and O–H groups in total. The maximum Gasteiger partial charge on any atom is 0.279 e. The lowest BCUT2D eigenvalue weighted by atomic mass is 9.90. The number of aromatic nitrogens is 5. The van der Waals surface area contributed by atoms with Gasteiger partial charge in [-0.1, -0.05) is 37.8 Å². The van der Waals surface area contributed by atoms with Gasteiger partial charge in [-0.15, -0.1) is 11.7 Å². The van der Waals surface area contributed by atoms with Gasteiger partial charge in [0.2, 0.25) is 0 Å². The Bertz CT molecular complexity index is 976. The van der Waals surface area contributed by atoms with E-state index in [4.69, 9.17) is 0 Å². The molecule has 136 valence electrons. The summed E-state index contributed by atoms with van der Waals surface area (Å²) in [4.78, 5) is 21.7. The summed E-state index contributed by atoms with van der Waals surface area (Å²) < 4.78 is 3.13. The van der Waals surface area contributed by atoms with Crippen molar-refractivity contribution in [2.75, 3.05) is 12.9 Å². The first-order valence-corrected chi connectivity index (χ1v) is 9.37. The zero-order chi connectivity index (χ0) is 18.9. The number of nitrogens with zero attached hydrogens (tertiary/aromatic N) is 5. The van der Waals surface area contributed by atoms with Crippen molar-refractivity contribution in [1.82, 2.24) is 24.3 Å². The predicted molar refractivity (Wildman–Crippen MR) is 102 cm³/mol. The molecular weight excluding hydrogens is 350 g/mol. The molecule has 3 heterocycles. The smallest absolute Gasteiger partial charge is 0.279 e. The Hall–Kier alpha value is -2.45. The zero-order valence-corrected chi connectivity index (χ0v) is 15.8. The van der Waals surface area contributed by atoms with Gasteiger partial charge in [-0.3, -0.25) is 9.36 Å². The molecule has 3 rings (SSSR count). The Balaban J connectivity index is 2.20. The van der Waals surface area contributed by atoms with Crippen LogP contribution in [0.25, 0.3) is 17.2 Å². The highest BCUT2D eigenvalue weighted by molar-refractivity contribution is 7.98. The van der Waals surface area contributed by atoms with Gasteiger partial charge in [0.25, 0.3) is 5.56 Å².